The van der Waals surface area contributed by atoms with E-state index in [1.54, 1.807) is 11.8 Å². The summed E-state index contributed by atoms with van der Waals surface area (Å²) in [5, 5.41) is 1.52. The fraction of sp³-hybridized carbons (Fsp3) is 0.400. The number of carbonyl (C=O) groups excluding carboxylic acids is 1. The summed E-state index contributed by atoms with van der Waals surface area (Å²) < 4.78 is 5.66. The number of benzene rings is 1. The predicted octanol–water partition coefficient (Wildman–Crippen LogP) is 4.46. The summed E-state index contributed by atoms with van der Waals surface area (Å²) in [4.78, 5) is 12.0. The van der Waals surface area contributed by atoms with Crippen molar-refractivity contribution in [1.82, 2.24) is 0 Å². The zero-order valence-electron chi connectivity index (χ0n) is 11.0. The molecule has 0 radical (unpaired) electrons. The van der Waals surface area contributed by atoms with Crippen molar-refractivity contribution in [1.29, 1.82) is 0 Å². The van der Waals surface area contributed by atoms with Crippen LogP contribution in [-0.2, 0) is 0 Å². The van der Waals surface area contributed by atoms with Crippen molar-refractivity contribution in [2.75, 3.05) is 5.75 Å². The number of ketones is 1. The van der Waals surface area contributed by atoms with Crippen LogP contribution in [0.4, 0.5) is 0 Å². The lowest BCUT2D eigenvalue weighted by Crippen LogP contribution is -2.04. The van der Waals surface area contributed by atoms with Gasteiger partial charge in [0.25, 0.3) is 0 Å². The Morgan fingerprint density at radius 2 is 2.22 bits per heavy atom. The molecule has 0 aliphatic carbocycles. The van der Waals surface area contributed by atoms with Crippen LogP contribution in [0.1, 0.15) is 36.4 Å². The van der Waals surface area contributed by atoms with Gasteiger partial charge in [0.15, 0.2) is 5.76 Å². The smallest absolute Gasteiger partial charge is 0.207 e. The summed E-state index contributed by atoms with van der Waals surface area (Å²) in [6, 6.07) is 7.80. The number of thioether (sulfide) groups is 1. The standard InChI is InChI=1S/C15H18O2S/c1-4-11(3)18-9-13(16)14-8-12-7-5-6-10(2)15(12)17-14/h5-8,11H,4,9H2,1-3H3. The highest BCUT2D eigenvalue weighted by Gasteiger charge is 2.14. The van der Waals surface area contributed by atoms with Gasteiger partial charge in [0, 0.05) is 10.6 Å². The van der Waals surface area contributed by atoms with Gasteiger partial charge in [0.05, 0.1) is 5.75 Å². The van der Waals surface area contributed by atoms with E-state index in [0.717, 1.165) is 23.0 Å². The topological polar surface area (TPSA) is 30.2 Å². The Kier molecular flexibility index (Phi) is 4.12. The van der Waals surface area contributed by atoms with Crippen LogP contribution in [0.3, 0.4) is 0 Å². The second-order valence-electron chi connectivity index (χ2n) is 4.56. The maximum Gasteiger partial charge on any atom is 0.207 e. The third-order valence-electron chi connectivity index (χ3n) is 3.09. The van der Waals surface area contributed by atoms with Gasteiger partial charge in [0.1, 0.15) is 5.58 Å². The van der Waals surface area contributed by atoms with E-state index in [9.17, 15) is 4.79 Å². The first kappa shape index (κ1) is 13.2. The molecule has 0 fully saturated rings. The van der Waals surface area contributed by atoms with Crippen LogP contribution in [0.5, 0.6) is 0 Å². The molecular weight excluding hydrogens is 244 g/mol. The zero-order valence-corrected chi connectivity index (χ0v) is 11.8. The second-order valence-corrected chi connectivity index (χ2v) is 5.98. The molecule has 2 nitrogen and oxygen atoms in total. The first-order chi connectivity index (χ1) is 8.61. The minimum atomic E-state index is 0.0795. The largest absolute Gasteiger partial charge is 0.453 e. The summed E-state index contributed by atoms with van der Waals surface area (Å²) >= 11 is 1.68. The highest BCUT2D eigenvalue weighted by Crippen LogP contribution is 2.24. The monoisotopic (exact) mass is 262 g/mol. The lowest BCUT2D eigenvalue weighted by atomic mass is 10.2. The van der Waals surface area contributed by atoms with Crippen LogP contribution in [0.15, 0.2) is 28.7 Å². The number of hydrogen-bond donors (Lipinski definition) is 0. The van der Waals surface area contributed by atoms with Gasteiger partial charge in [-0.1, -0.05) is 32.0 Å². The molecule has 0 aliphatic rings. The van der Waals surface area contributed by atoms with E-state index in [2.05, 4.69) is 13.8 Å². The van der Waals surface area contributed by atoms with Crippen molar-refractivity contribution in [3.63, 3.8) is 0 Å². The molecule has 3 heteroatoms. The van der Waals surface area contributed by atoms with Crippen molar-refractivity contribution in [2.24, 2.45) is 0 Å². The van der Waals surface area contributed by atoms with Crippen molar-refractivity contribution < 1.29 is 9.21 Å². The molecule has 0 N–H and O–H groups in total. The quantitative estimate of drug-likeness (QED) is 0.745. The van der Waals surface area contributed by atoms with Gasteiger partial charge < -0.3 is 4.42 Å². The molecule has 2 aromatic rings. The second kappa shape index (κ2) is 5.61. The first-order valence-electron chi connectivity index (χ1n) is 6.25. The zero-order chi connectivity index (χ0) is 13.1. The summed E-state index contributed by atoms with van der Waals surface area (Å²) in [6.07, 6.45) is 1.08. The molecule has 1 heterocycles. The van der Waals surface area contributed by atoms with Gasteiger partial charge in [-0.2, -0.15) is 11.8 Å². The first-order valence-corrected chi connectivity index (χ1v) is 7.30. The average Bonchev–Trinajstić information content (AvgIpc) is 2.81. The number of furan rings is 1. The molecule has 2 rings (SSSR count). The van der Waals surface area contributed by atoms with E-state index in [-0.39, 0.29) is 5.78 Å². The van der Waals surface area contributed by atoms with Gasteiger partial charge in [-0.25, -0.2) is 0 Å². The third kappa shape index (κ3) is 2.78. The maximum atomic E-state index is 12.0. The van der Waals surface area contributed by atoms with Gasteiger partial charge >= 0.3 is 0 Å². The molecule has 0 saturated heterocycles. The minimum absolute atomic E-state index is 0.0795. The Bertz CT molecular complexity index is 557. The van der Waals surface area contributed by atoms with E-state index >= 15 is 0 Å². The number of carbonyl (C=O) groups is 1. The lowest BCUT2D eigenvalue weighted by Gasteiger charge is -2.05. The molecule has 1 aromatic heterocycles. The number of rotatable bonds is 5. The molecule has 0 spiro atoms. The van der Waals surface area contributed by atoms with Crippen LogP contribution in [0.2, 0.25) is 0 Å². The number of para-hydroxylation sites is 1. The third-order valence-corrected chi connectivity index (χ3v) is 4.42. The van der Waals surface area contributed by atoms with Crippen LogP contribution in [0, 0.1) is 6.92 Å². The average molecular weight is 262 g/mol. The highest BCUT2D eigenvalue weighted by molar-refractivity contribution is 8.00. The van der Waals surface area contributed by atoms with Crippen LogP contribution >= 0.6 is 11.8 Å². The molecule has 1 atom stereocenters. The lowest BCUT2D eigenvalue weighted by molar-refractivity contribution is 0.0994. The Balaban J connectivity index is 2.16. The Labute approximate surface area is 112 Å². The molecule has 0 bridgehead atoms. The molecule has 96 valence electrons. The van der Waals surface area contributed by atoms with Crippen molar-refractivity contribution >= 4 is 28.5 Å². The van der Waals surface area contributed by atoms with E-state index < -0.39 is 0 Å². The van der Waals surface area contributed by atoms with Crippen LogP contribution in [-0.4, -0.2) is 16.8 Å². The van der Waals surface area contributed by atoms with E-state index in [1.807, 2.05) is 31.2 Å². The number of Topliss-reactive ketones (excluding diaryl/α,β-unsaturated/α-hetero) is 1. The molecule has 0 saturated carbocycles. The number of fused-ring (bicyclic) bond motifs is 1. The summed E-state index contributed by atoms with van der Waals surface area (Å²) in [5.41, 5.74) is 1.90. The minimum Gasteiger partial charge on any atom is -0.453 e. The van der Waals surface area contributed by atoms with Crippen molar-refractivity contribution in [2.45, 2.75) is 32.4 Å². The van der Waals surface area contributed by atoms with Gasteiger partial charge in [-0.15, -0.1) is 0 Å². The van der Waals surface area contributed by atoms with E-state index in [1.165, 1.54) is 0 Å². The maximum absolute atomic E-state index is 12.0. The summed E-state index contributed by atoms with van der Waals surface area (Å²) in [5.74, 6) is 1.06. The molecule has 1 unspecified atom stereocenters. The SMILES string of the molecule is CCC(C)SCC(=O)c1cc2cccc(C)c2o1. The van der Waals surface area contributed by atoms with Crippen molar-refractivity contribution in [3.05, 3.63) is 35.6 Å². The molecular formula is C15H18O2S. The fourth-order valence-electron chi connectivity index (χ4n) is 1.75. The highest BCUT2D eigenvalue weighted by atomic mass is 32.2. The number of aryl methyl sites for hydroxylation is 1. The number of hydrogen-bond acceptors (Lipinski definition) is 3. The van der Waals surface area contributed by atoms with Gasteiger partial charge in [0.2, 0.25) is 5.78 Å². The van der Waals surface area contributed by atoms with Crippen LogP contribution in [0.25, 0.3) is 11.0 Å². The molecule has 1 aromatic carbocycles. The van der Waals surface area contributed by atoms with Gasteiger partial charge in [-0.05, 0) is 25.0 Å². The molecule has 0 aliphatic heterocycles. The Hall–Kier alpha value is -1.22. The summed E-state index contributed by atoms with van der Waals surface area (Å²) in [6.45, 7) is 6.27. The predicted molar refractivity (Wildman–Crippen MR) is 77.5 cm³/mol. The Morgan fingerprint density at radius 1 is 1.44 bits per heavy atom. The van der Waals surface area contributed by atoms with Gasteiger partial charge in [-0.3, -0.25) is 4.79 Å². The van der Waals surface area contributed by atoms with E-state index in [4.69, 9.17) is 4.42 Å². The normalized spacial score (nSPS) is 12.8. The fourth-order valence-corrected chi connectivity index (χ4v) is 2.57. The summed E-state index contributed by atoms with van der Waals surface area (Å²) in [7, 11) is 0. The van der Waals surface area contributed by atoms with Crippen molar-refractivity contribution in [3.8, 4) is 0 Å². The molecule has 0 amide bonds. The van der Waals surface area contributed by atoms with Crippen LogP contribution < -0.4 is 0 Å². The Morgan fingerprint density at radius 3 is 2.89 bits per heavy atom. The van der Waals surface area contributed by atoms with E-state index in [0.29, 0.717) is 16.8 Å². The molecule has 18 heavy (non-hydrogen) atoms.